The number of aliphatic hydroxyl groups excluding tert-OH is 1. The van der Waals surface area contributed by atoms with E-state index in [0.29, 0.717) is 19.5 Å². The first-order valence-corrected chi connectivity index (χ1v) is 7.85. The molecule has 0 saturated carbocycles. The first-order chi connectivity index (χ1) is 10.5. The molecule has 22 heavy (non-hydrogen) atoms. The Hall–Kier alpha value is -1.59. The lowest BCUT2D eigenvalue weighted by atomic mass is 10.0. The summed E-state index contributed by atoms with van der Waals surface area (Å²) in [5.74, 6) is 0.946. The molecule has 1 heterocycles. The second-order valence-electron chi connectivity index (χ2n) is 6.02. The van der Waals surface area contributed by atoms with Crippen LogP contribution in [-0.2, 0) is 11.2 Å². The summed E-state index contributed by atoms with van der Waals surface area (Å²) in [5, 5.41) is 9.33. The molecule has 1 N–H and O–H groups in total. The van der Waals surface area contributed by atoms with Gasteiger partial charge in [0.15, 0.2) is 0 Å². The summed E-state index contributed by atoms with van der Waals surface area (Å²) in [6, 6.07) is 5.90. The zero-order valence-electron chi connectivity index (χ0n) is 13.7. The third-order valence-electron chi connectivity index (χ3n) is 4.04. The topological polar surface area (TPSA) is 53.0 Å². The lowest BCUT2D eigenvalue weighted by Gasteiger charge is -2.31. The number of hydrogen-bond donors (Lipinski definition) is 1. The zero-order valence-corrected chi connectivity index (χ0v) is 13.7. The molecule has 122 valence electrons. The molecule has 5 heteroatoms. The van der Waals surface area contributed by atoms with Gasteiger partial charge in [-0.2, -0.15) is 0 Å². The van der Waals surface area contributed by atoms with Crippen LogP contribution in [0.25, 0.3) is 0 Å². The number of methoxy groups -OCH3 is 1. The van der Waals surface area contributed by atoms with Crippen molar-refractivity contribution in [3.05, 3.63) is 23.8 Å². The summed E-state index contributed by atoms with van der Waals surface area (Å²) in [7, 11) is 3.57. The number of benzene rings is 1. The van der Waals surface area contributed by atoms with Gasteiger partial charge in [0.1, 0.15) is 5.75 Å². The minimum atomic E-state index is -0.333. The van der Waals surface area contributed by atoms with Crippen LogP contribution in [0.3, 0.4) is 0 Å². The first-order valence-electron chi connectivity index (χ1n) is 7.85. The van der Waals surface area contributed by atoms with Crippen LogP contribution in [0.4, 0.5) is 5.69 Å². The minimum absolute atomic E-state index is 0.110. The van der Waals surface area contributed by atoms with E-state index in [0.717, 1.165) is 30.8 Å². The number of likely N-dealkylation sites (N-methyl/N-ethyl adjacent to an activating group) is 1. The standard InChI is InChI=1S/C17H26N2O3/c1-13(20)8-10-18(2)12-17(21)19-9-4-5-14-11-15(22-3)6-7-16(14)19/h6-7,11,13,20H,4-5,8-10,12H2,1-3H3. The molecule has 1 aromatic rings. The quantitative estimate of drug-likeness (QED) is 0.869. The normalized spacial score (nSPS) is 15.6. The average molecular weight is 306 g/mol. The third kappa shape index (κ3) is 4.21. The Bertz CT molecular complexity index is 517. The molecule has 1 aromatic carbocycles. The Morgan fingerprint density at radius 2 is 2.27 bits per heavy atom. The molecule has 2 rings (SSSR count). The third-order valence-corrected chi connectivity index (χ3v) is 4.04. The van der Waals surface area contributed by atoms with Crippen LogP contribution in [0.1, 0.15) is 25.3 Å². The molecule has 0 bridgehead atoms. The van der Waals surface area contributed by atoms with Gasteiger partial charge in [0.25, 0.3) is 0 Å². The number of carbonyl (C=O) groups excluding carboxylic acids is 1. The van der Waals surface area contributed by atoms with Crippen LogP contribution >= 0.6 is 0 Å². The van der Waals surface area contributed by atoms with Gasteiger partial charge in [-0.3, -0.25) is 9.69 Å². The number of anilines is 1. The van der Waals surface area contributed by atoms with E-state index >= 15 is 0 Å². The van der Waals surface area contributed by atoms with Gasteiger partial charge in [-0.1, -0.05) is 0 Å². The molecular formula is C17H26N2O3. The van der Waals surface area contributed by atoms with Crippen molar-refractivity contribution in [1.29, 1.82) is 0 Å². The van der Waals surface area contributed by atoms with Crippen molar-refractivity contribution in [2.45, 2.75) is 32.3 Å². The van der Waals surface area contributed by atoms with Crippen LogP contribution < -0.4 is 9.64 Å². The van der Waals surface area contributed by atoms with Crippen molar-refractivity contribution in [2.24, 2.45) is 0 Å². The number of nitrogens with zero attached hydrogens (tertiary/aromatic N) is 2. The smallest absolute Gasteiger partial charge is 0.241 e. The van der Waals surface area contributed by atoms with E-state index in [1.807, 2.05) is 35.0 Å². The van der Waals surface area contributed by atoms with Gasteiger partial charge in [0.05, 0.1) is 19.8 Å². The second kappa shape index (κ2) is 7.61. The summed E-state index contributed by atoms with van der Waals surface area (Å²) in [6.07, 6.45) is 2.30. The molecule has 0 aromatic heterocycles. The van der Waals surface area contributed by atoms with E-state index < -0.39 is 0 Å². The zero-order chi connectivity index (χ0) is 16.1. The number of fused-ring (bicyclic) bond motifs is 1. The molecule has 0 saturated heterocycles. The van der Waals surface area contributed by atoms with E-state index in [9.17, 15) is 9.90 Å². The fraction of sp³-hybridized carbons (Fsp3) is 0.588. The van der Waals surface area contributed by atoms with Crippen LogP contribution in [0.15, 0.2) is 18.2 Å². The van der Waals surface area contributed by atoms with Crippen molar-refractivity contribution < 1.29 is 14.6 Å². The largest absolute Gasteiger partial charge is 0.497 e. The van der Waals surface area contributed by atoms with Gasteiger partial charge >= 0.3 is 0 Å². The number of ether oxygens (including phenoxy) is 1. The molecule has 0 radical (unpaired) electrons. The average Bonchev–Trinajstić information content (AvgIpc) is 2.51. The van der Waals surface area contributed by atoms with Crippen LogP contribution in [-0.4, -0.2) is 55.8 Å². The molecule has 0 spiro atoms. The number of aryl methyl sites for hydroxylation is 1. The van der Waals surface area contributed by atoms with Crippen LogP contribution in [0.2, 0.25) is 0 Å². The summed E-state index contributed by atoms with van der Waals surface area (Å²) < 4.78 is 5.26. The van der Waals surface area contributed by atoms with E-state index in [4.69, 9.17) is 4.74 Å². The Kier molecular flexibility index (Phi) is 5.80. The van der Waals surface area contributed by atoms with Gasteiger partial charge < -0.3 is 14.7 Å². The van der Waals surface area contributed by atoms with Crippen molar-refractivity contribution >= 4 is 11.6 Å². The number of rotatable bonds is 6. The van der Waals surface area contributed by atoms with Gasteiger partial charge in [-0.15, -0.1) is 0 Å². The molecule has 1 aliphatic rings. The maximum Gasteiger partial charge on any atom is 0.241 e. The Morgan fingerprint density at radius 1 is 1.50 bits per heavy atom. The van der Waals surface area contributed by atoms with Gasteiger partial charge in [-0.05, 0) is 57.0 Å². The number of hydrogen-bond acceptors (Lipinski definition) is 4. The highest BCUT2D eigenvalue weighted by Gasteiger charge is 2.23. The summed E-state index contributed by atoms with van der Waals surface area (Å²) in [6.45, 7) is 3.62. The van der Waals surface area contributed by atoms with Gasteiger partial charge in [-0.25, -0.2) is 0 Å². The van der Waals surface area contributed by atoms with Crippen LogP contribution in [0.5, 0.6) is 5.75 Å². The predicted molar refractivity (Wildman–Crippen MR) is 87.5 cm³/mol. The van der Waals surface area contributed by atoms with Gasteiger partial charge in [0, 0.05) is 18.8 Å². The first kappa shape index (κ1) is 16.8. The molecule has 1 atom stereocenters. The van der Waals surface area contributed by atoms with Crippen LogP contribution in [0, 0.1) is 0 Å². The van der Waals surface area contributed by atoms with Crippen molar-refractivity contribution in [2.75, 3.05) is 38.7 Å². The highest BCUT2D eigenvalue weighted by Crippen LogP contribution is 2.30. The van der Waals surface area contributed by atoms with Crippen molar-refractivity contribution in [3.8, 4) is 5.75 Å². The molecule has 5 nitrogen and oxygen atoms in total. The Balaban J connectivity index is 2.03. The molecule has 0 aliphatic carbocycles. The Morgan fingerprint density at radius 3 is 2.95 bits per heavy atom. The molecule has 0 fully saturated rings. The van der Waals surface area contributed by atoms with Crippen molar-refractivity contribution in [3.63, 3.8) is 0 Å². The molecule has 1 aliphatic heterocycles. The summed E-state index contributed by atoms with van der Waals surface area (Å²) >= 11 is 0. The number of carbonyl (C=O) groups is 1. The SMILES string of the molecule is COc1ccc2c(c1)CCCN2C(=O)CN(C)CCC(C)O. The highest BCUT2D eigenvalue weighted by atomic mass is 16.5. The second-order valence-corrected chi connectivity index (χ2v) is 6.02. The highest BCUT2D eigenvalue weighted by molar-refractivity contribution is 5.96. The van der Waals surface area contributed by atoms with E-state index in [1.54, 1.807) is 14.0 Å². The minimum Gasteiger partial charge on any atom is -0.497 e. The molecule has 1 unspecified atom stereocenters. The maximum absolute atomic E-state index is 12.6. The Labute approximate surface area is 132 Å². The lowest BCUT2D eigenvalue weighted by molar-refractivity contribution is -0.119. The monoisotopic (exact) mass is 306 g/mol. The summed E-state index contributed by atoms with van der Waals surface area (Å²) in [4.78, 5) is 16.4. The number of aliphatic hydroxyl groups is 1. The number of amides is 1. The van der Waals surface area contributed by atoms with Crippen molar-refractivity contribution in [1.82, 2.24) is 4.90 Å². The predicted octanol–water partition coefficient (Wildman–Crippen LogP) is 1.68. The van der Waals surface area contributed by atoms with E-state index in [1.165, 1.54) is 5.56 Å². The fourth-order valence-corrected chi connectivity index (χ4v) is 2.76. The maximum atomic E-state index is 12.6. The van der Waals surface area contributed by atoms with E-state index in [-0.39, 0.29) is 12.0 Å². The molecule has 1 amide bonds. The fourth-order valence-electron chi connectivity index (χ4n) is 2.76. The lowest BCUT2D eigenvalue weighted by Crippen LogP contribution is -2.42. The van der Waals surface area contributed by atoms with E-state index in [2.05, 4.69) is 0 Å². The van der Waals surface area contributed by atoms with Gasteiger partial charge in [0.2, 0.25) is 5.91 Å². The molecular weight excluding hydrogens is 280 g/mol. The summed E-state index contributed by atoms with van der Waals surface area (Å²) in [5.41, 5.74) is 2.17.